The van der Waals surface area contributed by atoms with Crippen molar-refractivity contribution in [2.45, 2.75) is 57.4 Å². The van der Waals surface area contributed by atoms with Crippen molar-refractivity contribution >= 4 is 29.2 Å². The van der Waals surface area contributed by atoms with Gasteiger partial charge in [0.15, 0.2) is 0 Å². The van der Waals surface area contributed by atoms with E-state index in [2.05, 4.69) is 24.1 Å². The van der Waals surface area contributed by atoms with Crippen LogP contribution < -0.4 is 10.2 Å². The third kappa shape index (κ3) is 4.47. The highest BCUT2D eigenvalue weighted by molar-refractivity contribution is 6.03. The monoisotopic (exact) mass is 535 g/mol. The molecule has 0 radical (unpaired) electrons. The van der Waals surface area contributed by atoms with Crippen molar-refractivity contribution in [2.24, 2.45) is 11.8 Å². The van der Waals surface area contributed by atoms with Gasteiger partial charge in [-0.25, -0.2) is 0 Å². The molecule has 3 aliphatic heterocycles. The summed E-state index contributed by atoms with van der Waals surface area (Å²) < 4.78 is 11.8. The molecule has 9 heteroatoms. The summed E-state index contributed by atoms with van der Waals surface area (Å²) in [6, 6.07) is 14.9. The summed E-state index contributed by atoms with van der Waals surface area (Å²) in [6.07, 6.45) is 0.540. The number of benzene rings is 2. The Morgan fingerprint density at radius 3 is 2.44 bits per heavy atom. The van der Waals surface area contributed by atoms with E-state index in [0.29, 0.717) is 24.1 Å². The van der Waals surface area contributed by atoms with E-state index in [1.165, 1.54) is 4.90 Å². The predicted octanol–water partition coefficient (Wildman–Crippen LogP) is 3.14. The average Bonchev–Trinajstić information content (AvgIpc) is 3.59. The van der Waals surface area contributed by atoms with Gasteiger partial charge in [-0.15, -0.1) is 0 Å². The molecule has 3 fully saturated rings. The number of nitrogens with zero attached hydrogens (tertiary/aromatic N) is 2. The molecule has 2 aromatic carbocycles. The van der Waals surface area contributed by atoms with Crippen molar-refractivity contribution in [2.75, 3.05) is 36.5 Å². The first-order valence-corrected chi connectivity index (χ1v) is 13.9. The van der Waals surface area contributed by atoms with Gasteiger partial charge in [0.2, 0.25) is 11.8 Å². The highest BCUT2D eigenvalue weighted by Gasteiger charge is 2.75. The van der Waals surface area contributed by atoms with Gasteiger partial charge in [0, 0.05) is 24.5 Å². The number of hydrogen-bond acceptors (Lipinski definition) is 7. The van der Waals surface area contributed by atoms with Crippen molar-refractivity contribution in [3.05, 3.63) is 60.2 Å². The van der Waals surface area contributed by atoms with Gasteiger partial charge in [0.1, 0.15) is 11.6 Å². The summed E-state index contributed by atoms with van der Waals surface area (Å²) in [4.78, 5) is 44.9. The van der Waals surface area contributed by atoms with Gasteiger partial charge in [-0.05, 0) is 63.4 Å². The van der Waals surface area contributed by atoms with E-state index in [9.17, 15) is 19.5 Å². The van der Waals surface area contributed by atoms with Crippen molar-refractivity contribution < 1.29 is 29.0 Å². The molecule has 3 saturated heterocycles. The van der Waals surface area contributed by atoms with Gasteiger partial charge in [0.25, 0.3) is 0 Å². The third-order valence-electron chi connectivity index (χ3n) is 8.50. The molecular formula is C30H37N3O6. The number of esters is 1. The van der Waals surface area contributed by atoms with Crippen LogP contribution >= 0.6 is 0 Å². The minimum atomic E-state index is -1.17. The summed E-state index contributed by atoms with van der Waals surface area (Å²) in [5.74, 6) is -2.88. The Morgan fingerprint density at radius 2 is 1.82 bits per heavy atom. The van der Waals surface area contributed by atoms with Crippen molar-refractivity contribution in [1.82, 2.24) is 4.90 Å². The van der Waals surface area contributed by atoms with Crippen LogP contribution in [0.1, 0.15) is 45.2 Å². The van der Waals surface area contributed by atoms with E-state index in [1.807, 2.05) is 54.6 Å². The van der Waals surface area contributed by atoms with Gasteiger partial charge < -0.3 is 29.7 Å². The molecule has 9 nitrogen and oxygen atoms in total. The van der Waals surface area contributed by atoms with Gasteiger partial charge in [-0.1, -0.05) is 30.3 Å². The van der Waals surface area contributed by atoms with Crippen molar-refractivity contribution in [3.63, 3.8) is 0 Å². The van der Waals surface area contributed by atoms with Crippen molar-refractivity contribution in [3.8, 4) is 0 Å². The fourth-order valence-electron chi connectivity index (χ4n) is 6.82. The van der Waals surface area contributed by atoms with Gasteiger partial charge >= 0.3 is 5.97 Å². The normalized spacial score (nSPS) is 27.8. The van der Waals surface area contributed by atoms with Gasteiger partial charge in [-0.2, -0.15) is 0 Å². The highest BCUT2D eigenvalue weighted by Crippen LogP contribution is 2.60. The molecule has 0 saturated carbocycles. The molecule has 0 aromatic heterocycles. The van der Waals surface area contributed by atoms with Crippen LogP contribution in [0, 0.1) is 11.8 Å². The Morgan fingerprint density at radius 1 is 1.13 bits per heavy atom. The molecule has 2 aromatic rings. The molecular weight excluding hydrogens is 498 g/mol. The Bertz CT molecular complexity index is 1200. The largest absolute Gasteiger partial charge is 0.466 e. The molecule has 0 unspecified atom stereocenters. The van der Waals surface area contributed by atoms with E-state index in [0.717, 1.165) is 18.8 Å². The molecule has 208 valence electrons. The number of carbonyl (C=O) groups excluding carboxylic acids is 3. The Labute approximate surface area is 229 Å². The Hall–Kier alpha value is -3.43. The molecule has 2 amide bonds. The van der Waals surface area contributed by atoms with Gasteiger partial charge in [-0.3, -0.25) is 14.4 Å². The molecule has 39 heavy (non-hydrogen) atoms. The lowest BCUT2D eigenvalue weighted by atomic mass is 9.70. The first kappa shape index (κ1) is 27.1. The van der Waals surface area contributed by atoms with E-state index in [4.69, 9.17) is 9.47 Å². The lowest BCUT2D eigenvalue weighted by Gasteiger charge is -2.36. The van der Waals surface area contributed by atoms with Crippen LogP contribution in [0.2, 0.25) is 0 Å². The zero-order valence-corrected chi connectivity index (χ0v) is 22.7. The summed E-state index contributed by atoms with van der Waals surface area (Å²) in [5, 5.41) is 13.5. The molecule has 3 aliphatic rings. The maximum absolute atomic E-state index is 14.2. The first-order chi connectivity index (χ1) is 18.9. The summed E-state index contributed by atoms with van der Waals surface area (Å²) in [7, 11) is 0. The number of nitrogens with one attached hydrogen (secondary N) is 1. The molecule has 1 spiro atoms. The van der Waals surface area contributed by atoms with Gasteiger partial charge in [0.05, 0.1) is 37.2 Å². The topological polar surface area (TPSA) is 108 Å². The van der Waals surface area contributed by atoms with Crippen LogP contribution in [-0.2, 0) is 23.9 Å². The molecule has 3 heterocycles. The maximum atomic E-state index is 14.2. The second-order valence-corrected chi connectivity index (χ2v) is 10.4. The number of anilines is 2. The van der Waals surface area contributed by atoms with Crippen molar-refractivity contribution in [1.29, 1.82) is 0 Å². The Balaban J connectivity index is 1.52. The zero-order valence-electron chi connectivity index (χ0n) is 22.7. The number of aliphatic hydroxyl groups is 1. The van der Waals surface area contributed by atoms with Crippen LogP contribution in [0.4, 0.5) is 11.4 Å². The molecule has 2 N–H and O–H groups in total. The number of amides is 2. The second-order valence-electron chi connectivity index (χ2n) is 10.4. The highest BCUT2D eigenvalue weighted by atomic mass is 16.6. The Kier molecular flexibility index (Phi) is 7.64. The number of carbonyl (C=O) groups is 3. The number of likely N-dealkylation sites (tertiary alicyclic amines) is 1. The smallest absolute Gasteiger partial charge is 0.312 e. The molecule has 5 rings (SSSR count). The number of aliphatic hydroxyl groups excluding tert-OH is 1. The third-order valence-corrected chi connectivity index (χ3v) is 8.50. The minimum absolute atomic E-state index is 0.191. The van der Waals surface area contributed by atoms with Crippen LogP contribution in [0.3, 0.4) is 0 Å². The SMILES string of the molecule is CCOC(=O)[C@@H]1[C@@H]2CC[C@]3(O2)[C@H](C(=O)Nc2ccc(N(CC)CC)cc2)N([C@H](CO)c2ccccc2)C(=O)[C@@H]13. The van der Waals surface area contributed by atoms with E-state index >= 15 is 0 Å². The number of fused-ring (bicyclic) bond motifs is 1. The van der Waals surface area contributed by atoms with E-state index < -0.39 is 47.5 Å². The zero-order chi connectivity index (χ0) is 27.7. The molecule has 2 bridgehead atoms. The molecule has 6 atom stereocenters. The summed E-state index contributed by atoms with van der Waals surface area (Å²) >= 11 is 0. The van der Waals surface area contributed by atoms with Crippen LogP contribution in [-0.4, -0.2) is 71.8 Å². The quantitative estimate of drug-likeness (QED) is 0.450. The van der Waals surface area contributed by atoms with Crippen LogP contribution in [0.5, 0.6) is 0 Å². The lowest BCUT2D eigenvalue weighted by molar-refractivity contribution is -0.155. The van der Waals surface area contributed by atoms with Crippen LogP contribution in [0.25, 0.3) is 0 Å². The fourth-order valence-corrected chi connectivity index (χ4v) is 6.82. The average molecular weight is 536 g/mol. The predicted molar refractivity (Wildman–Crippen MR) is 146 cm³/mol. The minimum Gasteiger partial charge on any atom is -0.466 e. The molecule has 0 aliphatic carbocycles. The van der Waals surface area contributed by atoms with E-state index in [1.54, 1.807) is 6.92 Å². The van der Waals surface area contributed by atoms with E-state index in [-0.39, 0.29) is 19.1 Å². The fraction of sp³-hybridized carbons (Fsp3) is 0.500. The summed E-state index contributed by atoms with van der Waals surface area (Å²) in [6.45, 7) is 7.45. The first-order valence-electron chi connectivity index (χ1n) is 13.9. The second kappa shape index (κ2) is 11.0. The number of ether oxygens (including phenoxy) is 2. The maximum Gasteiger partial charge on any atom is 0.312 e. The number of hydrogen-bond donors (Lipinski definition) is 2. The van der Waals surface area contributed by atoms with Crippen LogP contribution in [0.15, 0.2) is 54.6 Å². The standard InChI is InChI=1S/C30H37N3O6/c1-4-32(5-2)21-14-12-20(13-15-21)31-27(35)26-30-17-16-23(39-30)24(29(37)38-6-3)25(30)28(36)33(26)22(18-34)19-10-8-7-9-11-19/h7-15,22-26,34H,4-6,16-18H2,1-3H3,(H,31,35)/t22-,23+,24-,25-,26+,30-/m1/s1. The lowest BCUT2D eigenvalue weighted by Crippen LogP contribution is -2.54. The number of rotatable bonds is 10. The summed E-state index contributed by atoms with van der Waals surface area (Å²) in [5.41, 5.74) is 1.17.